The van der Waals surface area contributed by atoms with Crippen LogP contribution in [0.4, 0.5) is 17.3 Å². The molecule has 0 amide bonds. The van der Waals surface area contributed by atoms with E-state index in [4.69, 9.17) is 0 Å². The third kappa shape index (κ3) is 3.44. The third-order valence-corrected chi connectivity index (χ3v) is 3.61. The van der Waals surface area contributed by atoms with Gasteiger partial charge in [-0.25, -0.2) is 9.97 Å². The maximum atomic E-state index is 9.53. The maximum Gasteiger partial charge on any atom is 0.141 e. The Kier molecular flexibility index (Phi) is 4.86. The Morgan fingerprint density at radius 2 is 1.96 bits per heavy atom. The van der Waals surface area contributed by atoms with Crippen LogP contribution < -0.4 is 10.2 Å². The van der Waals surface area contributed by atoms with Crippen molar-refractivity contribution in [2.24, 2.45) is 0 Å². The van der Waals surface area contributed by atoms with E-state index in [1.165, 1.54) is 0 Å². The van der Waals surface area contributed by atoms with Crippen LogP contribution in [-0.4, -0.2) is 39.3 Å². The first-order valence-corrected chi connectivity index (χ1v) is 7.99. The van der Waals surface area contributed by atoms with Gasteiger partial charge in [-0.15, -0.1) is 0 Å². The summed E-state index contributed by atoms with van der Waals surface area (Å²) < 4.78 is 0. The smallest absolute Gasteiger partial charge is 0.141 e. The third-order valence-electron chi connectivity index (χ3n) is 3.61. The lowest BCUT2D eigenvalue weighted by Crippen LogP contribution is -2.23. The van der Waals surface area contributed by atoms with Crippen LogP contribution >= 0.6 is 0 Å². The Morgan fingerprint density at radius 1 is 1.12 bits per heavy atom. The summed E-state index contributed by atoms with van der Waals surface area (Å²) >= 11 is 0. The van der Waals surface area contributed by atoms with Gasteiger partial charge in [-0.05, 0) is 32.0 Å². The van der Waals surface area contributed by atoms with Crippen molar-refractivity contribution >= 4 is 28.1 Å². The molecular weight excluding hydrogens is 302 g/mol. The molecule has 0 aromatic carbocycles. The van der Waals surface area contributed by atoms with Crippen LogP contribution in [0.3, 0.4) is 0 Å². The number of nitrogens with one attached hydrogen (secondary N) is 1. The Morgan fingerprint density at radius 3 is 2.75 bits per heavy atom. The number of rotatable bonds is 6. The van der Waals surface area contributed by atoms with Crippen molar-refractivity contribution < 1.29 is 5.11 Å². The summed E-state index contributed by atoms with van der Waals surface area (Å²) in [4.78, 5) is 15.0. The lowest BCUT2D eigenvalue weighted by Gasteiger charge is -2.25. The number of fused-ring (bicyclic) bond motifs is 1. The van der Waals surface area contributed by atoms with E-state index in [0.717, 1.165) is 28.1 Å². The Labute approximate surface area is 141 Å². The molecule has 0 fully saturated rings. The lowest BCUT2D eigenvalue weighted by atomic mass is 10.2. The molecular formula is C18H21N5O. The van der Waals surface area contributed by atoms with E-state index in [2.05, 4.69) is 34.1 Å². The summed E-state index contributed by atoms with van der Waals surface area (Å²) in [6, 6.07) is 8.05. The lowest BCUT2D eigenvalue weighted by molar-refractivity contribution is 0.305. The molecule has 0 saturated heterocycles. The maximum absolute atomic E-state index is 9.53. The van der Waals surface area contributed by atoms with Crippen molar-refractivity contribution in [1.82, 2.24) is 15.0 Å². The van der Waals surface area contributed by atoms with Gasteiger partial charge < -0.3 is 15.3 Å². The fourth-order valence-electron chi connectivity index (χ4n) is 2.64. The number of pyridine rings is 3. The van der Waals surface area contributed by atoms with Crippen molar-refractivity contribution in [3.63, 3.8) is 0 Å². The summed E-state index contributed by atoms with van der Waals surface area (Å²) in [6.45, 7) is 4.61. The number of nitrogens with zero attached hydrogens (tertiary/aromatic N) is 4. The van der Waals surface area contributed by atoms with E-state index in [1.807, 2.05) is 35.4 Å². The van der Waals surface area contributed by atoms with Gasteiger partial charge in [0.05, 0.1) is 6.61 Å². The molecule has 3 aromatic rings. The van der Waals surface area contributed by atoms with Crippen molar-refractivity contribution in [1.29, 1.82) is 0 Å². The van der Waals surface area contributed by atoms with Crippen LogP contribution in [0.15, 0.2) is 49.1 Å². The Bertz CT molecular complexity index is 816. The number of aliphatic hydroxyl groups excluding tert-OH is 1. The van der Waals surface area contributed by atoms with Crippen LogP contribution in [0.5, 0.6) is 0 Å². The fraction of sp³-hybridized carbons (Fsp3) is 0.278. The van der Waals surface area contributed by atoms with Crippen LogP contribution in [0.25, 0.3) is 10.8 Å². The minimum Gasteiger partial charge on any atom is -0.395 e. The first-order chi connectivity index (χ1) is 11.7. The van der Waals surface area contributed by atoms with Gasteiger partial charge in [0.2, 0.25) is 0 Å². The molecule has 3 heterocycles. The van der Waals surface area contributed by atoms with Crippen LogP contribution in [0, 0.1) is 0 Å². The van der Waals surface area contributed by atoms with Gasteiger partial charge in [0, 0.05) is 59.9 Å². The average Bonchev–Trinajstić information content (AvgIpc) is 2.59. The number of hydrogen-bond donors (Lipinski definition) is 2. The van der Waals surface area contributed by atoms with Gasteiger partial charge in [0.1, 0.15) is 11.6 Å². The second kappa shape index (κ2) is 7.23. The first kappa shape index (κ1) is 16.1. The molecule has 0 bridgehead atoms. The molecule has 0 spiro atoms. The zero-order valence-corrected chi connectivity index (χ0v) is 13.8. The second-order valence-corrected chi connectivity index (χ2v) is 5.80. The number of hydrogen-bond acceptors (Lipinski definition) is 6. The fourth-order valence-corrected chi connectivity index (χ4v) is 2.64. The van der Waals surface area contributed by atoms with Gasteiger partial charge in [-0.3, -0.25) is 4.98 Å². The van der Waals surface area contributed by atoms with Crippen LogP contribution in [0.2, 0.25) is 0 Å². The highest BCUT2D eigenvalue weighted by molar-refractivity contribution is 5.93. The Balaban J connectivity index is 2.06. The number of aromatic nitrogens is 3. The normalized spacial score (nSPS) is 11.0. The highest BCUT2D eigenvalue weighted by atomic mass is 16.3. The quantitative estimate of drug-likeness (QED) is 0.726. The van der Waals surface area contributed by atoms with E-state index in [-0.39, 0.29) is 6.61 Å². The molecule has 24 heavy (non-hydrogen) atoms. The van der Waals surface area contributed by atoms with E-state index >= 15 is 0 Å². The minimum atomic E-state index is 0.0262. The van der Waals surface area contributed by atoms with Gasteiger partial charge in [0.25, 0.3) is 0 Å². The molecule has 6 nitrogen and oxygen atoms in total. The predicted molar refractivity (Wildman–Crippen MR) is 96.6 cm³/mol. The molecule has 0 aliphatic heterocycles. The predicted octanol–water partition coefficient (Wildman–Crippen LogP) is 2.98. The van der Waals surface area contributed by atoms with Gasteiger partial charge >= 0.3 is 0 Å². The molecule has 0 saturated carbocycles. The van der Waals surface area contributed by atoms with Crippen LogP contribution in [0.1, 0.15) is 13.8 Å². The van der Waals surface area contributed by atoms with Gasteiger partial charge in [-0.1, -0.05) is 0 Å². The molecule has 0 aliphatic rings. The highest BCUT2D eigenvalue weighted by Gasteiger charge is 2.14. The van der Waals surface area contributed by atoms with E-state index < -0.39 is 0 Å². The molecule has 3 aromatic heterocycles. The SMILES string of the molecule is CC(C)Nc1cc(N(CCO)c2nccc3cnccc23)ccn1. The molecule has 0 aliphatic carbocycles. The first-order valence-electron chi connectivity index (χ1n) is 7.99. The van der Waals surface area contributed by atoms with Gasteiger partial charge in [-0.2, -0.15) is 0 Å². The second-order valence-electron chi connectivity index (χ2n) is 5.80. The molecule has 0 atom stereocenters. The standard InChI is InChI=1S/C18H21N5O/c1-13(2)22-17-11-15(4-8-20-17)23(9-10-24)18-16-5-6-19-12-14(16)3-7-21-18/h3-8,11-13,24H,9-10H2,1-2H3,(H,20,22). The van der Waals surface area contributed by atoms with E-state index in [0.29, 0.717) is 12.6 Å². The minimum absolute atomic E-state index is 0.0262. The molecule has 2 N–H and O–H groups in total. The average molecular weight is 323 g/mol. The molecule has 124 valence electrons. The van der Waals surface area contributed by atoms with Crippen LogP contribution in [-0.2, 0) is 0 Å². The van der Waals surface area contributed by atoms with Gasteiger partial charge in [0.15, 0.2) is 0 Å². The summed E-state index contributed by atoms with van der Waals surface area (Å²) in [5.41, 5.74) is 0.930. The van der Waals surface area contributed by atoms with E-state index in [9.17, 15) is 5.11 Å². The van der Waals surface area contributed by atoms with Crippen molar-refractivity contribution in [2.75, 3.05) is 23.4 Å². The zero-order valence-electron chi connectivity index (χ0n) is 13.8. The monoisotopic (exact) mass is 323 g/mol. The summed E-state index contributed by atoms with van der Waals surface area (Å²) in [5.74, 6) is 1.60. The molecule has 6 heteroatoms. The number of anilines is 3. The Hall–Kier alpha value is -2.73. The molecule has 0 unspecified atom stereocenters. The zero-order chi connectivity index (χ0) is 16.9. The van der Waals surface area contributed by atoms with Crippen molar-refractivity contribution in [2.45, 2.75) is 19.9 Å². The van der Waals surface area contributed by atoms with Crippen molar-refractivity contribution in [3.8, 4) is 0 Å². The molecule has 0 radical (unpaired) electrons. The summed E-state index contributed by atoms with van der Waals surface area (Å²) in [5, 5.41) is 14.8. The van der Waals surface area contributed by atoms with Crippen molar-refractivity contribution in [3.05, 3.63) is 49.1 Å². The molecule has 3 rings (SSSR count). The summed E-state index contributed by atoms with van der Waals surface area (Å²) in [6.07, 6.45) is 7.09. The number of aliphatic hydroxyl groups is 1. The largest absolute Gasteiger partial charge is 0.395 e. The van der Waals surface area contributed by atoms with E-state index in [1.54, 1.807) is 18.6 Å². The highest BCUT2D eigenvalue weighted by Crippen LogP contribution is 2.30. The topological polar surface area (TPSA) is 74.2 Å². The summed E-state index contributed by atoms with van der Waals surface area (Å²) in [7, 11) is 0.